The fourth-order valence-corrected chi connectivity index (χ4v) is 3.77. The molecule has 0 spiro atoms. The summed E-state index contributed by atoms with van der Waals surface area (Å²) in [4.78, 5) is 12.8. The smallest absolute Gasteiger partial charge is 0.235 e. The van der Waals surface area contributed by atoms with E-state index in [9.17, 15) is 4.79 Å². The van der Waals surface area contributed by atoms with Gasteiger partial charge in [-0.1, -0.05) is 34.7 Å². The van der Waals surface area contributed by atoms with E-state index < -0.39 is 0 Å². The van der Waals surface area contributed by atoms with Gasteiger partial charge in [-0.15, -0.1) is 15.3 Å². The van der Waals surface area contributed by atoms with E-state index in [1.165, 1.54) is 43.6 Å². The van der Waals surface area contributed by atoms with Gasteiger partial charge in [0.25, 0.3) is 0 Å². The molecule has 0 saturated heterocycles. The Kier molecular flexibility index (Phi) is 5.07. The molecule has 11 heteroatoms. The van der Waals surface area contributed by atoms with Gasteiger partial charge in [-0.2, -0.15) is 4.52 Å². The van der Waals surface area contributed by atoms with Crippen molar-refractivity contribution in [3.8, 4) is 11.5 Å². The van der Waals surface area contributed by atoms with E-state index in [-0.39, 0.29) is 11.7 Å². The van der Waals surface area contributed by atoms with E-state index in [4.69, 9.17) is 21.1 Å². The van der Waals surface area contributed by atoms with E-state index in [0.29, 0.717) is 27.2 Å². The summed E-state index contributed by atoms with van der Waals surface area (Å²) in [5.74, 6) is 0.927. The number of hydrogen-bond donors (Lipinski definition) is 1. The first-order valence-corrected chi connectivity index (χ1v) is 8.79. The third-order valence-electron chi connectivity index (χ3n) is 2.94. The van der Waals surface area contributed by atoms with Crippen molar-refractivity contribution < 1.29 is 14.3 Å². The molecule has 3 aromatic rings. The van der Waals surface area contributed by atoms with E-state index in [1.54, 1.807) is 16.6 Å². The zero-order chi connectivity index (χ0) is 17.1. The number of hydrogen-bond acceptors (Lipinski definition) is 8. The lowest BCUT2D eigenvalue weighted by atomic mass is 10.2. The van der Waals surface area contributed by atoms with Crippen LogP contribution in [0, 0.1) is 0 Å². The maximum absolute atomic E-state index is 12.2. The van der Waals surface area contributed by atoms with Crippen molar-refractivity contribution in [2.24, 2.45) is 0 Å². The number of anilines is 1. The molecule has 0 fully saturated rings. The average Bonchev–Trinajstić information content (AvgIpc) is 3.14. The molecular weight excluding hydrogens is 374 g/mol. The third-order valence-corrected chi connectivity index (χ3v) is 5.28. The summed E-state index contributed by atoms with van der Waals surface area (Å²) in [5, 5.41) is 15.0. The second kappa shape index (κ2) is 7.24. The average molecular weight is 386 g/mol. The Labute approximate surface area is 150 Å². The van der Waals surface area contributed by atoms with E-state index >= 15 is 0 Å². The van der Waals surface area contributed by atoms with Crippen molar-refractivity contribution in [3.05, 3.63) is 23.5 Å². The molecule has 0 bridgehead atoms. The highest BCUT2D eigenvalue weighted by atomic mass is 35.5. The lowest BCUT2D eigenvalue weighted by Gasteiger charge is -2.12. The molecule has 24 heavy (non-hydrogen) atoms. The Morgan fingerprint density at radius 1 is 1.38 bits per heavy atom. The summed E-state index contributed by atoms with van der Waals surface area (Å²) in [6.45, 7) is 0. The Balaban J connectivity index is 1.66. The van der Waals surface area contributed by atoms with Gasteiger partial charge >= 0.3 is 0 Å². The number of benzene rings is 1. The summed E-state index contributed by atoms with van der Waals surface area (Å²) >= 11 is 8.76. The number of nitrogens with zero attached hydrogens (tertiary/aromatic N) is 4. The number of carbonyl (C=O) groups excluding carboxylic acids is 1. The highest BCUT2D eigenvalue weighted by Gasteiger charge is 2.14. The van der Waals surface area contributed by atoms with Crippen LogP contribution in [0.5, 0.6) is 11.5 Å². The van der Waals surface area contributed by atoms with Crippen LogP contribution in [0.25, 0.3) is 4.96 Å². The highest BCUT2D eigenvalue weighted by Crippen LogP contribution is 2.36. The second-order valence-electron chi connectivity index (χ2n) is 4.45. The van der Waals surface area contributed by atoms with Gasteiger partial charge in [-0.3, -0.25) is 4.79 Å². The molecule has 1 amide bonds. The van der Waals surface area contributed by atoms with Crippen LogP contribution in [-0.2, 0) is 4.79 Å². The fourth-order valence-electron chi connectivity index (χ4n) is 1.87. The number of aromatic nitrogens is 4. The Morgan fingerprint density at radius 2 is 2.17 bits per heavy atom. The quantitative estimate of drug-likeness (QED) is 0.652. The van der Waals surface area contributed by atoms with Gasteiger partial charge in [0.15, 0.2) is 4.34 Å². The van der Waals surface area contributed by atoms with Crippen LogP contribution >= 0.6 is 34.7 Å². The molecule has 126 valence electrons. The maximum Gasteiger partial charge on any atom is 0.235 e. The predicted octanol–water partition coefficient (Wildman–Crippen LogP) is 2.59. The number of methoxy groups -OCH3 is 2. The summed E-state index contributed by atoms with van der Waals surface area (Å²) < 4.78 is 12.7. The predicted molar refractivity (Wildman–Crippen MR) is 92.6 cm³/mol. The molecule has 1 N–H and O–H groups in total. The van der Waals surface area contributed by atoms with E-state index in [1.807, 2.05) is 0 Å². The first kappa shape index (κ1) is 16.8. The number of ether oxygens (including phenoxy) is 2. The lowest BCUT2D eigenvalue weighted by molar-refractivity contribution is -0.113. The van der Waals surface area contributed by atoms with Crippen LogP contribution in [0.3, 0.4) is 0 Å². The molecule has 0 unspecified atom stereocenters. The molecule has 0 radical (unpaired) electrons. The number of fused-ring (bicyclic) bond motifs is 1. The van der Waals surface area contributed by atoms with Gasteiger partial charge in [0.05, 0.1) is 30.7 Å². The van der Waals surface area contributed by atoms with Gasteiger partial charge in [-0.05, 0) is 6.07 Å². The molecule has 2 heterocycles. The minimum atomic E-state index is -0.203. The van der Waals surface area contributed by atoms with Crippen LogP contribution in [-0.4, -0.2) is 45.7 Å². The zero-order valence-electron chi connectivity index (χ0n) is 12.6. The van der Waals surface area contributed by atoms with Crippen LogP contribution < -0.4 is 14.8 Å². The van der Waals surface area contributed by atoms with Crippen molar-refractivity contribution in [1.29, 1.82) is 0 Å². The molecule has 0 atom stereocenters. The molecule has 0 saturated carbocycles. The second-order valence-corrected chi connectivity index (χ2v) is 7.04. The maximum atomic E-state index is 12.2. The minimum Gasteiger partial charge on any atom is -0.495 e. The van der Waals surface area contributed by atoms with Gasteiger partial charge in [0, 0.05) is 6.07 Å². The van der Waals surface area contributed by atoms with Crippen LogP contribution in [0.15, 0.2) is 22.8 Å². The summed E-state index contributed by atoms with van der Waals surface area (Å²) in [6, 6.07) is 3.21. The highest BCUT2D eigenvalue weighted by molar-refractivity contribution is 8.01. The number of rotatable bonds is 6. The normalized spacial score (nSPS) is 10.8. The largest absolute Gasteiger partial charge is 0.495 e. The van der Waals surface area contributed by atoms with Crippen LogP contribution in [0.1, 0.15) is 0 Å². The van der Waals surface area contributed by atoms with Crippen molar-refractivity contribution in [2.75, 3.05) is 25.3 Å². The Bertz CT molecular complexity index is 853. The topological polar surface area (TPSA) is 90.6 Å². The third kappa shape index (κ3) is 3.55. The number of halogens is 1. The molecule has 8 nitrogen and oxygen atoms in total. The number of nitrogens with one attached hydrogen (secondary N) is 1. The van der Waals surface area contributed by atoms with Gasteiger partial charge in [0.2, 0.25) is 10.9 Å². The summed E-state index contributed by atoms with van der Waals surface area (Å²) in [7, 11) is 3.02. The minimum absolute atomic E-state index is 0.191. The van der Waals surface area contributed by atoms with Crippen molar-refractivity contribution >= 4 is 51.3 Å². The molecule has 1 aromatic carbocycles. The van der Waals surface area contributed by atoms with Crippen LogP contribution in [0.4, 0.5) is 5.69 Å². The van der Waals surface area contributed by atoms with Gasteiger partial charge < -0.3 is 14.8 Å². The molecular formula is C13H12ClN5O3S2. The molecule has 2 aromatic heterocycles. The SMILES string of the molecule is COc1cc(OC)c(NC(=O)CSc2nn3cnnc3s2)cc1Cl. The number of carbonyl (C=O) groups is 1. The molecule has 3 rings (SSSR count). The van der Waals surface area contributed by atoms with Gasteiger partial charge in [-0.25, -0.2) is 0 Å². The van der Waals surface area contributed by atoms with Gasteiger partial charge in [0.1, 0.15) is 17.8 Å². The first-order chi connectivity index (χ1) is 11.6. The Morgan fingerprint density at radius 3 is 2.88 bits per heavy atom. The summed E-state index contributed by atoms with van der Waals surface area (Å²) in [5.41, 5.74) is 0.479. The van der Waals surface area contributed by atoms with Crippen LogP contribution in [0.2, 0.25) is 5.02 Å². The molecule has 0 aliphatic rings. The standard InChI is InChI=1S/C13H12ClN5O3S2/c1-21-9-4-10(22-2)8(3-7(9)14)16-11(20)5-23-13-18-19-6-15-17-12(19)24-13/h3-4,6H,5H2,1-2H3,(H,16,20). The molecule has 0 aliphatic carbocycles. The monoisotopic (exact) mass is 385 g/mol. The first-order valence-electron chi connectivity index (χ1n) is 6.61. The van der Waals surface area contributed by atoms with Crippen molar-refractivity contribution in [2.45, 2.75) is 4.34 Å². The number of amides is 1. The fraction of sp³-hybridized carbons (Fsp3) is 0.231. The van der Waals surface area contributed by atoms with Crippen molar-refractivity contribution in [3.63, 3.8) is 0 Å². The van der Waals surface area contributed by atoms with E-state index in [0.717, 1.165) is 4.34 Å². The summed E-state index contributed by atoms with van der Waals surface area (Å²) in [6.07, 6.45) is 1.51. The van der Waals surface area contributed by atoms with E-state index in [2.05, 4.69) is 20.6 Å². The van der Waals surface area contributed by atoms with Crippen molar-refractivity contribution in [1.82, 2.24) is 19.8 Å². The molecule has 0 aliphatic heterocycles. The Hall–Kier alpha value is -2.04. The zero-order valence-corrected chi connectivity index (χ0v) is 15.0. The number of thioether (sulfide) groups is 1. The lowest BCUT2D eigenvalue weighted by Crippen LogP contribution is -2.14.